The second kappa shape index (κ2) is 7.77. The molecular formula is C17H26N2O2S. The standard InChI is InChI=1S/C17H26N2O2S/c1-4-6-8-15-17(21)18(3)9-10-19(15)16(20)13-11-14(7-5-2)22-12-13/h11-12,15H,4-10H2,1-3H3. The summed E-state index contributed by atoms with van der Waals surface area (Å²) >= 11 is 1.64. The third-order valence-electron chi connectivity index (χ3n) is 4.20. The van der Waals surface area contributed by atoms with Crippen LogP contribution in [-0.2, 0) is 11.2 Å². The molecular weight excluding hydrogens is 296 g/mol. The number of hydrogen-bond acceptors (Lipinski definition) is 3. The Morgan fingerprint density at radius 1 is 1.32 bits per heavy atom. The highest BCUT2D eigenvalue weighted by atomic mass is 32.1. The minimum atomic E-state index is -0.291. The predicted molar refractivity (Wildman–Crippen MR) is 90.3 cm³/mol. The second-order valence-electron chi connectivity index (χ2n) is 5.97. The number of carbonyl (C=O) groups excluding carboxylic acids is 2. The van der Waals surface area contributed by atoms with E-state index in [9.17, 15) is 9.59 Å². The Balaban J connectivity index is 2.15. The first-order valence-corrected chi connectivity index (χ1v) is 9.09. The summed E-state index contributed by atoms with van der Waals surface area (Å²) in [5, 5.41) is 1.94. The van der Waals surface area contributed by atoms with Gasteiger partial charge in [0, 0.05) is 30.4 Å². The van der Waals surface area contributed by atoms with Crippen LogP contribution in [0.2, 0.25) is 0 Å². The van der Waals surface area contributed by atoms with Crippen molar-refractivity contribution in [3.8, 4) is 0 Å². The van der Waals surface area contributed by atoms with Crippen molar-refractivity contribution >= 4 is 23.2 Å². The highest BCUT2D eigenvalue weighted by Gasteiger charge is 2.35. The largest absolute Gasteiger partial charge is 0.342 e. The molecule has 1 aromatic heterocycles. The van der Waals surface area contributed by atoms with Gasteiger partial charge in [0.1, 0.15) is 6.04 Å². The first-order chi connectivity index (χ1) is 10.6. The van der Waals surface area contributed by atoms with Crippen LogP contribution >= 0.6 is 11.3 Å². The fraction of sp³-hybridized carbons (Fsp3) is 0.647. The zero-order chi connectivity index (χ0) is 16.1. The first-order valence-electron chi connectivity index (χ1n) is 8.21. The van der Waals surface area contributed by atoms with Gasteiger partial charge in [0.25, 0.3) is 5.91 Å². The lowest BCUT2D eigenvalue weighted by Gasteiger charge is -2.39. The van der Waals surface area contributed by atoms with Gasteiger partial charge in [-0.25, -0.2) is 0 Å². The topological polar surface area (TPSA) is 40.6 Å². The van der Waals surface area contributed by atoms with Crippen LogP contribution in [-0.4, -0.2) is 47.8 Å². The third kappa shape index (κ3) is 3.69. The molecule has 1 aliphatic heterocycles. The lowest BCUT2D eigenvalue weighted by molar-refractivity contribution is -0.138. The molecule has 2 amide bonds. The molecule has 1 aromatic rings. The summed E-state index contributed by atoms with van der Waals surface area (Å²) in [5.74, 6) is 0.0956. The van der Waals surface area contributed by atoms with Crippen molar-refractivity contribution in [1.82, 2.24) is 9.80 Å². The minimum Gasteiger partial charge on any atom is -0.342 e. The molecule has 1 saturated heterocycles. The number of carbonyl (C=O) groups is 2. The Labute approximate surface area is 137 Å². The fourth-order valence-corrected chi connectivity index (χ4v) is 3.83. The minimum absolute atomic E-state index is 0.0150. The van der Waals surface area contributed by atoms with Crippen LogP contribution in [0.15, 0.2) is 11.4 Å². The van der Waals surface area contributed by atoms with Gasteiger partial charge in [0.2, 0.25) is 5.91 Å². The summed E-state index contributed by atoms with van der Waals surface area (Å²) in [6.07, 6.45) is 4.86. The molecule has 1 fully saturated rings. The molecule has 22 heavy (non-hydrogen) atoms. The van der Waals surface area contributed by atoms with Crippen LogP contribution in [0.1, 0.15) is 54.8 Å². The summed E-state index contributed by atoms with van der Waals surface area (Å²) in [4.78, 5) is 30.0. The molecule has 0 spiro atoms. The van der Waals surface area contributed by atoms with Gasteiger partial charge in [-0.1, -0.05) is 33.1 Å². The molecule has 2 rings (SSSR count). The average molecular weight is 322 g/mol. The van der Waals surface area contributed by atoms with Crippen molar-refractivity contribution in [3.63, 3.8) is 0 Å². The van der Waals surface area contributed by atoms with Crippen LogP contribution in [0.3, 0.4) is 0 Å². The van der Waals surface area contributed by atoms with E-state index in [2.05, 4.69) is 13.8 Å². The molecule has 1 atom stereocenters. The monoisotopic (exact) mass is 322 g/mol. The maximum Gasteiger partial charge on any atom is 0.255 e. The van der Waals surface area contributed by atoms with Gasteiger partial charge in [-0.2, -0.15) is 0 Å². The first kappa shape index (κ1) is 17.0. The van der Waals surface area contributed by atoms with Gasteiger partial charge in [-0.3, -0.25) is 9.59 Å². The molecule has 0 N–H and O–H groups in total. The number of piperazine rings is 1. The van der Waals surface area contributed by atoms with Gasteiger partial charge in [0.15, 0.2) is 0 Å². The maximum absolute atomic E-state index is 12.8. The van der Waals surface area contributed by atoms with Gasteiger partial charge in [0.05, 0.1) is 5.56 Å². The van der Waals surface area contributed by atoms with Crippen LogP contribution < -0.4 is 0 Å². The smallest absolute Gasteiger partial charge is 0.255 e. The van der Waals surface area contributed by atoms with E-state index in [0.29, 0.717) is 13.1 Å². The molecule has 5 heteroatoms. The van der Waals surface area contributed by atoms with Crippen LogP contribution in [0.5, 0.6) is 0 Å². The van der Waals surface area contributed by atoms with Gasteiger partial charge in [-0.15, -0.1) is 11.3 Å². The Kier molecular flexibility index (Phi) is 6.00. The molecule has 1 unspecified atom stereocenters. The Hall–Kier alpha value is -1.36. The van der Waals surface area contributed by atoms with E-state index < -0.39 is 0 Å². The summed E-state index contributed by atoms with van der Waals surface area (Å²) in [7, 11) is 1.83. The Bertz CT molecular complexity index is 526. The number of amides is 2. The quantitative estimate of drug-likeness (QED) is 0.807. The van der Waals surface area contributed by atoms with Crippen molar-refractivity contribution < 1.29 is 9.59 Å². The van der Waals surface area contributed by atoms with Crippen molar-refractivity contribution in [1.29, 1.82) is 0 Å². The van der Waals surface area contributed by atoms with Gasteiger partial charge >= 0.3 is 0 Å². The zero-order valence-corrected chi connectivity index (χ0v) is 14.6. The molecule has 0 aromatic carbocycles. The molecule has 1 aliphatic rings. The summed E-state index contributed by atoms with van der Waals surface area (Å²) in [6, 6.07) is 1.71. The normalized spacial score (nSPS) is 18.9. The van der Waals surface area contributed by atoms with Crippen LogP contribution in [0.4, 0.5) is 0 Å². The Morgan fingerprint density at radius 2 is 2.09 bits per heavy atom. The third-order valence-corrected chi connectivity index (χ3v) is 5.20. The molecule has 2 heterocycles. The van der Waals surface area contributed by atoms with E-state index in [-0.39, 0.29) is 17.9 Å². The molecule has 0 aliphatic carbocycles. The highest BCUT2D eigenvalue weighted by molar-refractivity contribution is 7.10. The van der Waals surface area contributed by atoms with Crippen molar-refractivity contribution in [2.24, 2.45) is 0 Å². The zero-order valence-electron chi connectivity index (χ0n) is 13.8. The summed E-state index contributed by atoms with van der Waals surface area (Å²) in [5.41, 5.74) is 0.743. The number of rotatable bonds is 6. The van der Waals surface area contributed by atoms with Crippen molar-refractivity contribution in [3.05, 3.63) is 21.9 Å². The lowest BCUT2D eigenvalue weighted by atomic mass is 10.0. The molecule has 4 nitrogen and oxygen atoms in total. The van der Waals surface area contributed by atoms with Gasteiger partial charge in [-0.05, 0) is 18.9 Å². The van der Waals surface area contributed by atoms with E-state index in [0.717, 1.165) is 37.7 Å². The number of likely N-dealkylation sites (N-methyl/N-ethyl adjacent to an activating group) is 1. The summed E-state index contributed by atoms with van der Waals surface area (Å²) < 4.78 is 0. The highest BCUT2D eigenvalue weighted by Crippen LogP contribution is 2.22. The lowest BCUT2D eigenvalue weighted by Crippen LogP contribution is -2.57. The molecule has 0 saturated carbocycles. The van der Waals surface area contributed by atoms with Crippen molar-refractivity contribution in [2.75, 3.05) is 20.1 Å². The second-order valence-corrected chi connectivity index (χ2v) is 6.96. The number of nitrogens with zero attached hydrogens (tertiary/aromatic N) is 2. The number of unbranched alkanes of at least 4 members (excludes halogenated alkanes) is 1. The average Bonchev–Trinajstić information content (AvgIpc) is 2.97. The molecule has 0 bridgehead atoms. The molecule has 122 valence electrons. The van der Waals surface area contributed by atoms with E-state index in [1.807, 2.05) is 18.5 Å². The molecule has 0 radical (unpaired) electrons. The Morgan fingerprint density at radius 3 is 2.77 bits per heavy atom. The summed E-state index contributed by atoms with van der Waals surface area (Å²) in [6.45, 7) is 5.51. The van der Waals surface area contributed by atoms with E-state index >= 15 is 0 Å². The van der Waals surface area contributed by atoms with Crippen LogP contribution in [0.25, 0.3) is 0 Å². The van der Waals surface area contributed by atoms with Crippen molar-refractivity contribution in [2.45, 2.75) is 52.0 Å². The number of aryl methyl sites for hydroxylation is 1. The number of thiophene rings is 1. The van der Waals surface area contributed by atoms with Crippen LogP contribution in [0, 0.1) is 0 Å². The SMILES string of the molecule is CCCCC1C(=O)N(C)CCN1C(=O)c1csc(CCC)c1. The van der Waals surface area contributed by atoms with E-state index in [1.54, 1.807) is 21.1 Å². The van der Waals surface area contributed by atoms with E-state index in [1.165, 1.54) is 4.88 Å². The maximum atomic E-state index is 12.8. The van der Waals surface area contributed by atoms with E-state index in [4.69, 9.17) is 0 Å². The predicted octanol–water partition coefficient (Wildman–Crippen LogP) is 3.17. The fourth-order valence-electron chi connectivity index (χ4n) is 2.87. The van der Waals surface area contributed by atoms with Gasteiger partial charge < -0.3 is 9.80 Å². The number of hydrogen-bond donors (Lipinski definition) is 0.